The van der Waals surface area contributed by atoms with Crippen molar-refractivity contribution in [3.8, 4) is 16.9 Å². The molecule has 0 radical (unpaired) electrons. The maximum absolute atomic E-state index is 11.5. The lowest BCUT2D eigenvalue weighted by atomic mass is 9.97. The highest BCUT2D eigenvalue weighted by Gasteiger charge is 2.18. The first-order valence-corrected chi connectivity index (χ1v) is 6.78. The van der Waals surface area contributed by atoms with Crippen LogP contribution in [0, 0.1) is 0 Å². The van der Waals surface area contributed by atoms with E-state index in [2.05, 4.69) is 16.4 Å². The van der Waals surface area contributed by atoms with Gasteiger partial charge in [0.1, 0.15) is 5.75 Å². The van der Waals surface area contributed by atoms with E-state index in [9.17, 15) is 4.79 Å². The van der Waals surface area contributed by atoms with Gasteiger partial charge in [0.05, 0.1) is 6.61 Å². The van der Waals surface area contributed by atoms with Crippen LogP contribution in [-0.4, -0.2) is 17.5 Å². The summed E-state index contributed by atoms with van der Waals surface area (Å²) in [7, 11) is 0. The number of rotatable bonds is 3. The number of nitrogens with one attached hydrogen (secondary N) is 1. The van der Waals surface area contributed by atoms with E-state index in [0.717, 1.165) is 34.5 Å². The van der Waals surface area contributed by atoms with Crippen molar-refractivity contribution >= 4 is 11.6 Å². The van der Waals surface area contributed by atoms with Gasteiger partial charge in [-0.05, 0) is 31.0 Å². The van der Waals surface area contributed by atoms with Crippen LogP contribution in [0.1, 0.15) is 18.9 Å². The average Bonchev–Trinajstić information content (AvgIpc) is 2.48. The highest BCUT2D eigenvalue weighted by Crippen LogP contribution is 2.36. The first-order valence-electron chi connectivity index (χ1n) is 6.78. The number of hydrogen-bond acceptors (Lipinski definition) is 3. The van der Waals surface area contributed by atoms with Gasteiger partial charge in [0, 0.05) is 41.7 Å². The van der Waals surface area contributed by atoms with Crippen LogP contribution in [0.2, 0.25) is 0 Å². The SMILES string of the molecule is CCOc1cc2c(cc1-c1cccnc1)CCC(=O)N2. The predicted octanol–water partition coefficient (Wildman–Crippen LogP) is 3.03. The fourth-order valence-corrected chi connectivity index (χ4v) is 2.43. The van der Waals surface area contributed by atoms with Crippen molar-refractivity contribution < 1.29 is 9.53 Å². The number of aromatic nitrogens is 1. The molecular formula is C16H16N2O2. The molecule has 4 heteroatoms. The van der Waals surface area contributed by atoms with Crippen LogP contribution in [0.3, 0.4) is 0 Å². The van der Waals surface area contributed by atoms with Crippen LogP contribution in [0.4, 0.5) is 5.69 Å². The molecular weight excluding hydrogens is 252 g/mol. The molecule has 1 aromatic carbocycles. The number of anilines is 1. The van der Waals surface area contributed by atoms with Crippen LogP contribution in [0.15, 0.2) is 36.7 Å². The quantitative estimate of drug-likeness (QED) is 0.930. The number of benzene rings is 1. The minimum absolute atomic E-state index is 0.0640. The normalized spacial score (nSPS) is 13.6. The third kappa shape index (κ3) is 2.37. The van der Waals surface area contributed by atoms with E-state index in [1.165, 1.54) is 0 Å². The van der Waals surface area contributed by atoms with Crippen molar-refractivity contribution in [2.24, 2.45) is 0 Å². The molecule has 1 amide bonds. The van der Waals surface area contributed by atoms with Crippen molar-refractivity contribution in [2.75, 3.05) is 11.9 Å². The van der Waals surface area contributed by atoms with Gasteiger partial charge in [0.2, 0.25) is 5.91 Å². The van der Waals surface area contributed by atoms with E-state index in [1.807, 2.05) is 31.3 Å². The van der Waals surface area contributed by atoms with E-state index in [4.69, 9.17) is 4.74 Å². The Labute approximate surface area is 117 Å². The molecule has 3 rings (SSSR count). The molecule has 1 aliphatic rings. The molecule has 0 atom stereocenters. The molecule has 0 spiro atoms. The highest BCUT2D eigenvalue weighted by molar-refractivity contribution is 5.95. The summed E-state index contributed by atoms with van der Waals surface area (Å²) in [6.45, 7) is 2.53. The van der Waals surface area contributed by atoms with Crippen molar-refractivity contribution in [3.05, 3.63) is 42.2 Å². The minimum Gasteiger partial charge on any atom is -0.493 e. The summed E-state index contributed by atoms with van der Waals surface area (Å²) in [6, 6.07) is 7.93. The summed E-state index contributed by atoms with van der Waals surface area (Å²) in [5.41, 5.74) is 4.05. The van der Waals surface area contributed by atoms with Gasteiger partial charge in [0.25, 0.3) is 0 Å². The number of aryl methyl sites for hydroxylation is 1. The summed E-state index contributed by atoms with van der Waals surface area (Å²) in [5.74, 6) is 0.843. The fourth-order valence-electron chi connectivity index (χ4n) is 2.43. The molecule has 0 saturated heterocycles. The third-order valence-corrected chi connectivity index (χ3v) is 3.37. The van der Waals surface area contributed by atoms with Crippen molar-refractivity contribution in [1.82, 2.24) is 4.98 Å². The Morgan fingerprint density at radius 1 is 1.35 bits per heavy atom. The van der Waals surface area contributed by atoms with Crippen molar-refractivity contribution in [1.29, 1.82) is 0 Å². The molecule has 2 aromatic rings. The Morgan fingerprint density at radius 3 is 3.00 bits per heavy atom. The summed E-state index contributed by atoms with van der Waals surface area (Å²) in [4.78, 5) is 15.6. The molecule has 102 valence electrons. The average molecular weight is 268 g/mol. The van der Waals surface area contributed by atoms with Gasteiger partial charge in [-0.2, -0.15) is 0 Å². The number of carbonyl (C=O) groups is 1. The fraction of sp³-hybridized carbons (Fsp3) is 0.250. The first kappa shape index (κ1) is 12.7. The van der Waals surface area contributed by atoms with Gasteiger partial charge in [-0.15, -0.1) is 0 Å². The molecule has 20 heavy (non-hydrogen) atoms. The summed E-state index contributed by atoms with van der Waals surface area (Å²) in [6.07, 6.45) is 4.88. The van der Waals surface area contributed by atoms with E-state index in [1.54, 1.807) is 6.20 Å². The van der Waals surface area contributed by atoms with Crippen LogP contribution in [-0.2, 0) is 11.2 Å². The van der Waals surface area contributed by atoms with E-state index < -0.39 is 0 Å². The smallest absolute Gasteiger partial charge is 0.224 e. The second kappa shape index (κ2) is 5.33. The van der Waals surface area contributed by atoms with Gasteiger partial charge >= 0.3 is 0 Å². The Kier molecular flexibility index (Phi) is 3.37. The maximum Gasteiger partial charge on any atom is 0.224 e. The molecule has 1 aromatic heterocycles. The summed E-state index contributed by atoms with van der Waals surface area (Å²) < 4.78 is 5.71. The largest absolute Gasteiger partial charge is 0.493 e. The molecule has 2 heterocycles. The Morgan fingerprint density at radius 2 is 2.25 bits per heavy atom. The molecule has 0 saturated carbocycles. The standard InChI is InChI=1S/C16H16N2O2/c1-2-20-15-9-14-11(5-6-16(19)18-14)8-13(15)12-4-3-7-17-10-12/h3-4,7-10H,2,5-6H2,1H3,(H,18,19). The molecule has 4 nitrogen and oxygen atoms in total. The zero-order valence-electron chi connectivity index (χ0n) is 11.3. The van der Waals surface area contributed by atoms with Gasteiger partial charge in [-0.25, -0.2) is 0 Å². The van der Waals surface area contributed by atoms with E-state index in [-0.39, 0.29) is 5.91 Å². The monoisotopic (exact) mass is 268 g/mol. The van der Waals surface area contributed by atoms with Gasteiger partial charge in [-0.3, -0.25) is 9.78 Å². The van der Waals surface area contributed by atoms with Crippen LogP contribution in [0.25, 0.3) is 11.1 Å². The van der Waals surface area contributed by atoms with Gasteiger partial charge in [0.15, 0.2) is 0 Å². The lowest BCUT2D eigenvalue weighted by molar-refractivity contribution is -0.116. The number of hydrogen-bond donors (Lipinski definition) is 1. The minimum atomic E-state index is 0.0640. The van der Waals surface area contributed by atoms with Crippen LogP contribution >= 0.6 is 0 Å². The third-order valence-electron chi connectivity index (χ3n) is 3.37. The maximum atomic E-state index is 11.5. The first-order chi connectivity index (χ1) is 9.78. The number of ether oxygens (including phenoxy) is 1. The zero-order valence-corrected chi connectivity index (χ0v) is 11.3. The van der Waals surface area contributed by atoms with Crippen LogP contribution < -0.4 is 10.1 Å². The number of fused-ring (bicyclic) bond motifs is 1. The van der Waals surface area contributed by atoms with E-state index in [0.29, 0.717) is 13.0 Å². The van der Waals surface area contributed by atoms with Gasteiger partial charge < -0.3 is 10.1 Å². The molecule has 0 aliphatic carbocycles. The second-order valence-electron chi connectivity index (χ2n) is 4.73. The molecule has 0 fully saturated rings. The predicted molar refractivity (Wildman–Crippen MR) is 77.8 cm³/mol. The van der Waals surface area contributed by atoms with Crippen molar-refractivity contribution in [3.63, 3.8) is 0 Å². The second-order valence-corrected chi connectivity index (χ2v) is 4.73. The lowest BCUT2D eigenvalue weighted by Crippen LogP contribution is -2.19. The highest BCUT2D eigenvalue weighted by atomic mass is 16.5. The van der Waals surface area contributed by atoms with E-state index >= 15 is 0 Å². The zero-order chi connectivity index (χ0) is 13.9. The Balaban J connectivity index is 2.11. The lowest BCUT2D eigenvalue weighted by Gasteiger charge is -2.20. The summed E-state index contributed by atoms with van der Waals surface area (Å²) >= 11 is 0. The number of amides is 1. The van der Waals surface area contributed by atoms with Gasteiger partial charge in [-0.1, -0.05) is 6.07 Å². The summed E-state index contributed by atoms with van der Waals surface area (Å²) in [5, 5.41) is 2.90. The topological polar surface area (TPSA) is 51.2 Å². The number of pyridine rings is 1. The molecule has 1 N–H and O–H groups in total. The van der Waals surface area contributed by atoms with Crippen LogP contribution in [0.5, 0.6) is 5.75 Å². The number of carbonyl (C=O) groups excluding carboxylic acids is 1. The molecule has 0 bridgehead atoms. The Bertz CT molecular complexity index is 638. The van der Waals surface area contributed by atoms with Crippen molar-refractivity contribution in [2.45, 2.75) is 19.8 Å². The molecule has 0 unspecified atom stereocenters. The number of nitrogens with zero attached hydrogens (tertiary/aromatic N) is 1. The molecule has 1 aliphatic heterocycles. The Hall–Kier alpha value is -2.36.